The van der Waals surface area contributed by atoms with E-state index in [1.807, 2.05) is 27.8 Å². The first-order valence-electron chi connectivity index (χ1n) is 8.00. The van der Waals surface area contributed by atoms with Crippen LogP contribution in [0.4, 0.5) is 4.79 Å². The van der Waals surface area contributed by atoms with Crippen molar-refractivity contribution in [2.75, 3.05) is 7.05 Å². The molecule has 4 nitrogen and oxygen atoms in total. The minimum absolute atomic E-state index is 0.0814. The summed E-state index contributed by atoms with van der Waals surface area (Å²) in [6.07, 6.45) is 7.50. The topological polar surface area (TPSA) is 50.4 Å². The average Bonchev–Trinajstić information content (AvgIpc) is 2.56. The number of amides is 1. The second-order valence-corrected chi connectivity index (χ2v) is 7.00. The summed E-state index contributed by atoms with van der Waals surface area (Å²) in [4.78, 5) is 11.9. The van der Waals surface area contributed by atoms with Gasteiger partial charge in [-0.25, -0.2) is 4.79 Å². The summed E-state index contributed by atoms with van der Waals surface area (Å²) in [5.41, 5.74) is -0.443. The molecule has 4 heteroatoms. The van der Waals surface area contributed by atoms with E-state index in [4.69, 9.17) is 4.74 Å². The molecule has 1 amide bonds. The van der Waals surface area contributed by atoms with Gasteiger partial charge in [-0.3, -0.25) is 0 Å². The molecule has 1 aliphatic carbocycles. The van der Waals surface area contributed by atoms with E-state index in [0.717, 1.165) is 0 Å². The van der Waals surface area contributed by atoms with Gasteiger partial charge in [0.1, 0.15) is 5.60 Å². The van der Waals surface area contributed by atoms with Crippen LogP contribution in [-0.4, -0.2) is 30.8 Å². The Kier molecular flexibility index (Phi) is 6.80. The third-order valence-corrected chi connectivity index (χ3v) is 4.02. The Labute approximate surface area is 124 Å². The largest absolute Gasteiger partial charge is 0.444 e. The number of nitrogens with one attached hydrogen (secondary N) is 2. The number of carbonyl (C=O) groups excluding carboxylic acids is 1. The zero-order valence-electron chi connectivity index (χ0n) is 13.8. The molecule has 2 N–H and O–H groups in total. The highest BCUT2D eigenvalue weighted by atomic mass is 16.6. The van der Waals surface area contributed by atoms with Crippen LogP contribution in [0, 0.1) is 5.92 Å². The number of likely N-dealkylation sites (N-methyl/N-ethyl adjacent to an activating group) is 1. The summed E-state index contributed by atoms with van der Waals surface area (Å²) in [6, 6.07) is 0.401. The lowest BCUT2D eigenvalue weighted by Gasteiger charge is -2.32. The third kappa shape index (κ3) is 6.12. The number of hydrogen-bond acceptors (Lipinski definition) is 3. The number of hydrogen-bond donors (Lipinski definition) is 2. The molecule has 0 bridgehead atoms. The van der Waals surface area contributed by atoms with Gasteiger partial charge < -0.3 is 15.4 Å². The van der Waals surface area contributed by atoms with Crippen LogP contribution in [-0.2, 0) is 4.74 Å². The van der Waals surface area contributed by atoms with Crippen molar-refractivity contribution in [1.82, 2.24) is 10.6 Å². The standard InChI is InChI=1S/C16H32N2O2/c1-12(18-15(19)20-16(2,3)4)14(17-5)13-10-8-6-7-9-11-13/h12-14,17H,6-11H2,1-5H3,(H,18,19). The normalized spacial score (nSPS) is 20.9. The van der Waals surface area contributed by atoms with Gasteiger partial charge in [-0.1, -0.05) is 25.7 Å². The first kappa shape index (κ1) is 17.3. The molecule has 0 heterocycles. The molecule has 2 atom stereocenters. The van der Waals surface area contributed by atoms with Crippen molar-refractivity contribution in [3.63, 3.8) is 0 Å². The Morgan fingerprint density at radius 3 is 2.15 bits per heavy atom. The van der Waals surface area contributed by atoms with Crippen LogP contribution >= 0.6 is 0 Å². The number of rotatable bonds is 4. The molecule has 1 rings (SSSR count). The van der Waals surface area contributed by atoms with Gasteiger partial charge in [-0.05, 0) is 53.5 Å². The van der Waals surface area contributed by atoms with Crippen LogP contribution in [0.2, 0.25) is 0 Å². The monoisotopic (exact) mass is 284 g/mol. The summed E-state index contributed by atoms with van der Waals surface area (Å²) in [5, 5.41) is 6.38. The molecule has 0 spiro atoms. The highest BCUT2D eigenvalue weighted by Gasteiger charge is 2.28. The number of alkyl carbamates (subject to hydrolysis) is 1. The molecule has 1 fully saturated rings. The van der Waals surface area contributed by atoms with Crippen LogP contribution < -0.4 is 10.6 Å². The maximum atomic E-state index is 11.9. The summed E-state index contributed by atoms with van der Waals surface area (Å²) in [7, 11) is 1.99. The van der Waals surface area contributed by atoms with Crippen LogP contribution in [0.15, 0.2) is 0 Å². The van der Waals surface area contributed by atoms with E-state index in [2.05, 4.69) is 17.6 Å². The van der Waals surface area contributed by atoms with E-state index in [-0.39, 0.29) is 12.1 Å². The molecule has 1 saturated carbocycles. The second-order valence-electron chi connectivity index (χ2n) is 7.00. The lowest BCUT2D eigenvalue weighted by molar-refractivity contribution is 0.0489. The van der Waals surface area contributed by atoms with Gasteiger partial charge in [-0.2, -0.15) is 0 Å². The highest BCUT2D eigenvalue weighted by molar-refractivity contribution is 5.68. The van der Waals surface area contributed by atoms with Crippen molar-refractivity contribution in [2.24, 2.45) is 5.92 Å². The van der Waals surface area contributed by atoms with Crippen LogP contribution in [0.25, 0.3) is 0 Å². The summed E-state index contributed by atoms with van der Waals surface area (Å²) < 4.78 is 5.34. The Balaban J connectivity index is 2.53. The molecule has 0 radical (unpaired) electrons. The van der Waals surface area contributed by atoms with E-state index in [0.29, 0.717) is 12.0 Å². The maximum Gasteiger partial charge on any atom is 0.407 e. The van der Waals surface area contributed by atoms with Crippen molar-refractivity contribution in [3.8, 4) is 0 Å². The molecule has 20 heavy (non-hydrogen) atoms. The van der Waals surface area contributed by atoms with Crippen molar-refractivity contribution in [2.45, 2.75) is 83.9 Å². The van der Waals surface area contributed by atoms with E-state index >= 15 is 0 Å². The minimum Gasteiger partial charge on any atom is -0.444 e. The number of ether oxygens (including phenoxy) is 1. The molecular formula is C16H32N2O2. The highest BCUT2D eigenvalue weighted by Crippen LogP contribution is 2.26. The Hall–Kier alpha value is -0.770. The first-order chi connectivity index (χ1) is 9.33. The molecule has 0 aromatic rings. The van der Waals surface area contributed by atoms with Crippen LogP contribution in [0.3, 0.4) is 0 Å². The summed E-state index contributed by atoms with van der Waals surface area (Å²) in [5.74, 6) is 0.646. The molecule has 0 aliphatic heterocycles. The minimum atomic E-state index is -0.443. The summed E-state index contributed by atoms with van der Waals surface area (Å²) in [6.45, 7) is 7.73. The van der Waals surface area contributed by atoms with Crippen molar-refractivity contribution < 1.29 is 9.53 Å². The zero-order chi connectivity index (χ0) is 15.2. The van der Waals surface area contributed by atoms with E-state index in [1.54, 1.807) is 0 Å². The van der Waals surface area contributed by atoms with E-state index in [9.17, 15) is 4.79 Å². The Bertz CT molecular complexity index is 291. The molecule has 0 saturated heterocycles. The van der Waals surface area contributed by atoms with Gasteiger partial charge in [0.2, 0.25) is 0 Å². The fraction of sp³-hybridized carbons (Fsp3) is 0.938. The third-order valence-electron chi connectivity index (χ3n) is 4.02. The van der Waals surface area contributed by atoms with E-state index < -0.39 is 5.60 Å². The molecule has 0 aromatic carbocycles. The second kappa shape index (κ2) is 7.87. The SMILES string of the molecule is CNC(C1CCCCCC1)C(C)NC(=O)OC(C)(C)C. The van der Waals surface area contributed by atoms with Crippen molar-refractivity contribution in [1.29, 1.82) is 0 Å². The predicted molar refractivity (Wildman–Crippen MR) is 82.9 cm³/mol. The van der Waals surface area contributed by atoms with Gasteiger partial charge in [-0.15, -0.1) is 0 Å². The molecule has 1 aliphatic rings. The van der Waals surface area contributed by atoms with Gasteiger partial charge in [0, 0.05) is 12.1 Å². The fourth-order valence-corrected chi connectivity index (χ4v) is 3.15. The van der Waals surface area contributed by atoms with Gasteiger partial charge in [0.25, 0.3) is 0 Å². The Morgan fingerprint density at radius 1 is 1.15 bits per heavy atom. The molecule has 118 valence electrons. The first-order valence-corrected chi connectivity index (χ1v) is 8.00. The van der Waals surface area contributed by atoms with Crippen LogP contribution in [0.5, 0.6) is 0 Å². The van der Waals surface area contributed by atoms with Crippen molar-refractivity contribution in [3.05, 3.63) is 0 Å². The smallest absolute Gasteiger partial charge is 0.407 e. The predicted octanol–water partition coefficient (Wildman–Crippen LogP) is 3.46. The zero-order valence-corrected chi connectivity index (χ0v) is 13.8. The maximum absolute atomic E-state index is 11.9. The molecular weight excluding hydrogens is 252 g/mol. The summed E-state index contributed by atoms with van der Waals surface area (Å²) >= 11 is 0. The van der Waals surface area contributed by atoms with Gasteiger partial charge >= 0.3 is 6.09 Å². The number of carbonyl (C=O) groups is 1. The van der Waals surface area contributed by atoms with Crippen molar-refractivity contribution >= 4 is 6.09 Å². The van der Waals surface area contributed by atoms with Gasteiger partial charge in [0.05, 0.1) is 0 Å². The average molecular weight is 284 g/mol. The molecule has 0 aromatic heterocycles. The Morgan fingerprint density at radius 2 is 1.70 bits per heavy atom. The van der Waals surface area contributed by atoms with Crippen LogP contribution in [0.1, 0.15) is 66.2 Å². The van der Waals surface area contributed by atoms with E-state index in [1.165, 1.54) is 38.5 Å². The fourth-order valence-electron chi connectivity index (χ4n) is 3.15. The lowest BCUT2D eigenvalue weighted by atomic mass is 9.88. The lowest BCUT2D eigenvalue weighted by Crippen LogP contribution is -2.51. The molecule has 2 unspecified atom stereocenters. The van der Waals surface area contributed by atoms with Gasteiger partial charge in [0.15, 0.2) is 0 Å². The quantitative estimate of drug-likeness (QED) is 0.777.